The Bertz CT molecular complexity index is 1130. The number of hydrogen-bond acceptors (Lipinski definition) is 7. The molecule has 1 aromatic carbocycles. The van der Waals surface area contributed by atoms with E-state index in [4.69, 9.17) is 0 Å². The Morgan fingerprint density at radius 3 is 2.78 bits per heavy atom. The molecule has 2 N–H and O–H groups in total. The first-order chi connectivity index (χ1) is 17.8. The largest absolute Gasteiger partial charge is 0.421 e. The topological polar surface area (TPSA) is 76.6 Å². The minimum Gasteiger partial charge on any atom is -0.369 e. The van der Waals surface area contributed by atoms with Crippen LogP contribution in [-0.4, -0.2) is 77.5 Å². The molecule has 37 heavy (non-hydrogen) atoms. The second kappa shape index (κ2) is 10.7. The SMILES string of the molecule is CCc1cc(N2CCN3CCC2C3)ccc1Nc1ncc(C(F)(F)F)c(NCCCN2CCCC2=O)n1. The highest BCUT2D eigenvalue weighted by Gasteiger charge is 2.35. The molecule has 200 valence electrons. The number of amides is 1. The van der Waals surface area contributed by atoms with Crippen molar-refractivity contribution < 1.29 is 18.0 Å². The lowest BCUT2D eigenvalue weighted by Crippen LogP contribution is -2.46. The number of aromatic nitrogens is 2. The fraction of sp³-hybridized carbons (Fsp3) is 0.577. The van der Waals surface area contributed by atoms with Crippen LogP contribution in [0, 0.1) is 0 Å². The van der Waals surface area contributed by atoms with E-state index >= 15 is 0 Å². The molecule has 2 aromatic rings. The van der Waals surface area contributed by atoms with E-state index in [1.807, 2.05) is 6.07 Å². The second-order valence-electron chi connectivity index (χ2n) is 9.97. The first kappa shape index (κ1) is 25.6. The van der Waals surface area contributed by atoms with Crippen LogP contribution >= 0.6 is 0 Å². The van der Waals surface area contributed by atoms with E-state index in [-0.39, 0.29) is 24.2 Å². The van der Waals surface area contributed by atoms with Crippen molar-refractivity contribution in [2.45, 2.75) is 51.2 Å². The van der Waals surface area contributed by atoms with Gasteiger partial charge in [-0.15, -0.1) is 0 Å². The van der Waals surface area contributed by atoms with Crippen molar-refractivity contribution in [2.75, 3.05) is 61.3 Å². The predicted molar refractivity (Wildman–Crippen MR) is 137 cm³/mol. The zero-order chi connectivity index (χ0) is 26.0. The van der Waals surface area contributed by atoms with Gasteiger partial charge in [-0.25, -0.2) is 4.98 Å². The fourth-order valence-corrected chi connectivity index (χ4v) is 5.54. The molecular formula is C26H34F3N7O. The van der Waals surface area contributed by atoms with Crippen molar-refractivity contribution in [1.29, 1.82) is 0 Å². The van der Waals surface area contributed by atoms with Crippen LogP contribution in [0.4, 0.5) is 36.3 Å². The first-order valence-corrected chi connectivity index (χ1v) is 13.2. The standard InChI is InChI=1S/C26H34F3N7O/c1-2-18-15-19(36-14-13-34-12-8-20(36)17-34)6-7-22(18)32-25-31-16-21(26(27,28)29)24(33-25)30-9-4-11-35-10-3-5-23(35)37/h6-7,15-16,20H,2-5,8-14,17H2,1H3,(H2,30,31,32,33). The van der Waals surface area contributed by atoms with Crippen LogP contribution < -0.4 is 15.5 Å². The zero-order valence-electron chi connectivity index (χ0n) is 21.2. The summed E-state index contributed by atoms with van der Waals surface area (Å²) in [5.74, 6) is -0.0450. The van der Waals surface area contributed by atoms with Gasteiger partial charge in [-0.2, -0.15) is 18.2 Å². The summed E-state index contributed by atoms with van der Waals surface area (Å²) < 4.78 is 40.8. The number of nitrogens with zero attached hydrogens (tertiary/aromatic N) is 5. The van der Waals surface area contributed by atoms with Gasteiger partial charge in [0, 0.05) is 75.8 Å². The van der Waals surface area contributed by atoms with Crippen LogP contribution in [0.1, 0.15) is 43.7 Å². The van der Waals surface area contributed by atoms with E-state index in [9.17, 15) is 18.0 Å². The minimum absolute atomic E-state index is 0.104. The monoisotopic (exact) mass is 517 g/mol. The van der Waals surface area contributed by atoms with Crippen LogP contribution in [-0.2, 0) is 17.4 Å². The zero-order valence-corrected chi connectivity index (χ0v) is 21.2. The Labute approximate surface area is 215 Å². The van der Waals surface area contributed by atoms with Crippen molar-refractivity contribution in [3.63, 3.8) is 0 Å². The third-order valence-electron chi connectivity index (χ3n) is 7.56. The highest BCUT2D eigenvalue weighted by molar-refractivity contribution is 5.78. The number of halogens is 3. The van der Waals surface area contributed by atoms with Gasteiger partial charge in [0.2, 0.25) is 11.9 Å². The number of piperazine rings is 1. The van der Waals surface area contributed by atoms with E-state index < -0.39 is 11.7 Å². The Balaban J connectivity index is 1.29. The van der Waals surface area contributed by atoms with E-state index in [0.29, 0.717) is 32.0 Å². The maximum absolute atomic E-state index is 13.6. The number of alkyl halides is 3. The smallest absolute Gasteiger partial charge is 0.369 e. The fourth-order valence-electron chi connectivity index (χ4n) is 5.54. The highest BCUT2D eigenvalue weighted by Crippen LogP contribution is 2.35. The van der Waals surface area contributed by atoms with Crippen molar-refractivity contribution in [1.82, 2.24) is 19.8 Å². The third kappa shape index (κ3) is 5.76. The molecule has 0 saturated carbocycles. The number of anilines is 4. The average Bonchev–Trinajstić information content (AvgIpc) is 3.46. The summed E-state index contributed by atoms with van der Waals surface area (Å²) in [5, 5.41) is 5.96. The van der Waals surface area contributed by atoms with Crippen molar-refractivity contribution in [3.05, 3.63) is 35.5 Å². The summed E-state index contributed by atoms with van der Waals surface area (Å²) in [4.78, 5) is 26.6. The van der Waals surface area contributed by atoms with Gasteiger partial charge in [0.1, 0.15) is 11.4 Å². The molecule has 3 fully saturated rings. The number of rotatable bonds is 9. The molecule has 1 amide bonds. The number of fused-ring (bicyclic) bond motifs is 2. The normalized spacial score (nSPS) is 21.6. The van der Waals surface area contributed by atoms with Gasteiger partial charge < -0.3 is 20.4 Å². The number of likely N-dealkylation sites (tertiary alicyclic amines) is 1. The number of nitrogens with one attached hydrogen (secondary N) is 2. The highest BCUT2D eigenvalue weighted by atomic mass is 19.4. The first-order valence-electron chi connectivity index (χ1n) is 13.2. The number of benzene rings is 1. The number of carbonyl (C=O) groups is 1. The molecule has 0 spiro atoms. The molecule has 2 atom stereocenters. The van der Waals surface area contributed by atoms with Crippen molar-refractivity contribution >= 4 is 29.0 Å². The Kier molecular flexibility index (Phi) is 7.41. The molecule has 11 heteroatoms. The molecule has 2 bridgehead atoms. The van der Waals surface area contributed by atoms with Crippen LogP contribution in [0.15, 0.2) is 24.4 Å². The summed E-state index contributed by atoms with van der Waals surface area (Å²) in [7, 11) is 0. The third-order valence-corrected chi connectivity index (χ3v) is 7.56. The summed E-state index contributed by atoms with van der Waals surface area (Å²) in [6.45, 7) is 7.89. The quantitative estimate of drug-likeness (QED) is 0.485. The molecular weight excluding hydrogens is 483 g/mol. The Morgan fingerprint density at radius 2 is 2.03 bits per heavy atom. The molecule has 0 radical (unpaired) electrons. The molecule has 1 aromatic heterocycles. The van der Waals surface area contributed by atoms with Gasteiger partial charge in [-0.1, -0.05) is 6.92 Å². The molecule has 3 saturated heterocycles. The summed E-state index contributed by atoms with van der Waals surface area (Å²) in [6.07, 6.45) is 0.0979. The lowest BCUT2D eigenvalue weighted by molar-refractivity contribution is -0.137. The van der Waals surface area contributed by atoms with Crippen molar-refractivity contribution in [2.24, 2.45) is 0 Å². The molecule has 3 aliphatic rings. The van der Waals surface area contributed by atoms with Gasteiger partial charge in [0.05, 0.1) is 0 Å². The number of aryl methyl sites for hydroxylation is 1. The molecule has 0 aliphatic carbocycles. The molecule has 5 rings (SSSR count). The summed E-state index contributed by atoms with van der Waals surface area (Å²) in [5.41, 5.74) is 2.12. The summed E-state index contributed by atoms with van der Waals surface area (Å²) in [6, 6.07) is 6.74. The van der Waals surface area contributed by atoms with E-state index in [1.54, 1.807) is 4.90 Å². The van der Waals surface area contributed by atoms with Gasteiger partial charge in [0.15, 0.2) is 0 Å². The Hall–Kier alpha value is -3.08. The van der Waals surface area contributed by atoms with E-state index in [0.717, 1.165) is 56.5 Å². The number of hydrogen-bond donors (Lipinski definition) is 2. The van der Waals surface area contributed by atoms with Crippen LogP contribution in [0.5, 0.6) is 0 Å². The van der Waals surface area contributed by atoms with Gasteiger partial charge in [-0.05, 0) is 49.4 Å². The summed E-state index contributed by atoms with van der Waals surface area (Å²) >= 11 is 0. The maximum atomic E-state index is 13.6. The lowest BCUT2D eigenvalue weighted by atomic mass is 10.1. The Morgan fingerprint density at radius 1 is 1.16 bits per heavy atom. The predicted octanol–water partition coefficient (Wildman–Crippen LogP) is 4.12. The molecule has 2 unspecified atom stereocenters. The molecule has 4 heterocycles. The van der Waals surface area contributed by atoms with E-state index in [1.165, 1.54) is 12.1 Å². The molecule has 3 aliphatic heterocycles. The van der Waals surface area contributed by atoms with Crippen molar-refractivity contribution in [3.8, 4) is 0 Å². The van der Waals surface area contributed by atoms with E-state index in [2.05, 4.69) is 49.5 Å². The second-order valence-corrected chi connectivity index (χ2v) is 9.97. The maximum Gasteiger partial charge on any atom is 0.421 e. The minimum atomic E-state index is -4.58. The molecule has 8 nitrogen and oxygen atoms in total. The van der Waals surface area contributed by atoms with Crippen LogP contribution in [0.2, 0.25) is 0 Å². The van der Waals surface area contributed by atoms with Crippen LogP contribution in [0.3, 0.4) is 0 Å². The number of carbonyl (C=O) groups excluding carboxylic acids is 1. The van der Waals surface area contributed by atoms with Crippen LogP contribution in [0.25, 0.3) is 0 Å². The average molecular weight is 518 g/mol. The van der Waals surface area contributed by atoms with Gasteiger partial charge >= 0.3 is 6.18 Å². The lowest BCUT2D eigenvalue weighted by Gasteiger charge is -2.36. The van der Waals surface area contributed by atoms with Gasteiger partial charge in [-0.3, -0.25) is 9.69 Å². The van der Waals surface area contributed by atoms with Gasteiger partial charge in [0.25, 0.3) is 0 Å².